The molecule has 0 aliphatic heterocycles. The Morgan fingerprint density at radius 3 is 2.06 bits per heavy atom. The summed E-state index contributed by atoms with van der Waals surface area (Å²) in [7, 11) is 0. The van der Waals surface area contributed by atoms with E-state index in [0.29, 0.717) is 18.2 Å². The minimum Gasteiger partial charge on any atom is -0.405 e. The summed E-state index contributed by atoms with van der Waals surface area (Å²) in [6, 6.07) is 1.67. The molecule has 0 bridgehead atoms. The lowest BCUT2D eigenvalue weighted by Crippen LogP contribution is -2.20. The average molecular weight is 293 g/mol. The monoisotopic (exact) mass is 292 g/mol. The van der Waals surface area contributed by atoms with Crippen LogP contribution in [0, 0.1) is 0 Å². The van der Waals surface area contributed by atoms with E-state index in [1.54, 1.807) is 0 Å². The van der Waals surface area contributed by atoms with Crippen LogP contribution < -0.4 is 4.74 Å². The van der Waals surface area contributed by atoms with Gasteiger partial charge in [-0.1, -0.05) is 6.07 Å². The van der Waals surface area contributed by atoms with Gasteiger partial charge < -0.3 is 4.74 Å². The molecule has 0 aliphatic carbocycles. The summed E-state index contributed by atoms with van der Waals surface area (Å²) in [5.74, 6) is -1.29. The molecule has 0 N–H and O–H groups in total. The summed E-state index contributed by atoms with van der Waals surface area (Å²) < 4.78 is 76.6. The van der Waals surface area contributed by atoms with E-state index in [4.69, 9.17) is 11.6 Å². The fraction of sp³-hybridized carbons (Fsp3) is 0.222. The molecule has 0 spiro atoms. The van der Waals surface area contributed by atoms with Crippen molar-refractivity contribution in [2.24, 2.45) is 0 Å². The van der Waals surface area contributed by atoms with Crippen molar-refractivity contribution in [3.8, 4) is 5.75 Å². The Kier molecular flexibility index (Phi) is 3.80. The predicted octanol–water partition coefficient (Wildman–Crippen LogP) is 3.98. The number of benzene rings is 1. The van der Waals surface area contributed by atoms with Gasteiger partial charge in [0.2, 0.25) is 0 Å². The first kappa shape index (κ1) is 14.6. The van der Waals surface area contributed by atoms with Gasteiger partial charge in [0.25, 0.3) is 5.24 Å². The van der Waals surface area contributed by atoms with Crippen molar-refractivity contribution >= 4 is 16.8 Å². The highest BCUT2D eigenvalue weighted by Gasteiger charge is 2.39. The second kappa shape index (κ2) is 4.68. The van der Waals surface area contributed by atoms with Crippen LogP contribution in [0.25, 0.3) is 0 Å². The first-order valence-corrected chi connectivity index (χ1v) is 4.56. The van der Waals surface area contributed by atoms with E-state index in [-0.39, 0.29) is 0 Å². The Balaban J connectivity index is 3.41. The molecule has 2 nitrogen and oxygen atoms in total. The SMILES string of the molecule is O=C(Cl)c1c(OC(F)(F)F)cccc1C(F)(F)F. The number of alkyl halides is 6. The molecule has 1 aromatic carbocycles. The minimum atomic E-state index is -5.23. The number of carbonyl (C=O) groups is 1. The van der Waals surface area contributed by atoms with E-state index < -0.39 is 34.7 Å². The molecule has 0 aliphatic rings. The van der Waals surface area contributed by atoms with Crippen molar-refractivity contribution in [3.05, 3.63) is 29.3 Å². The zero-order chi connectivity index (χ0) is 14.1. The van der Waals surface area contributed by atoms with Gasteiger partial charge in [-0.3, -0.25) is 4.79 Å². The third-order valence-electron chi connectivity index (χ3n) is 1.75. The number of ether oxygens (including phenoxy) is 1. The molecule has 0 atom stereocenters. The van der Waals surface area contributed by atoms with Gasteiger partial charge in [0.1, 0.15) is 5.75 Å². The summed E-state index contributed by atoms with van der Waals surface area (Å²) in [5, 5.41) is -1.69. The van der Waals surface area contributed by atoms with E-state index in [2.05, 4.69) is 4.74 Å². The molecule has 0 fully saturated rings. The van der Waals surface area contributed by atoms with E-state index in [0.717, 1.165) is 0 Å². The molecule has 0 radical (unpaired) electrons. The molecule has 9 heteroatoms. The Morgan fingerprint density at radius 1 is 1.11 bits per heavy atom. The zero-order valence-corrected chi connectivity index (χ0v) is 8.95. The second-order valence-electron chi connectivity index (χ2n) is 3.00. The van der Waals surface area contributed by atoms with Gasteiger partial charge in [-0.25, -0.2) is 0 Å². The number of hydrogen-bond donors (Lipinski definition) is 0. The standard InChI is InChI=1S/C9H3ClF6O2/c10-7(17)6-4(8(11,12)13)2-1-3-5(6)18-9(14,15)16/h1-3H. The summed E-state index contributed by atoms with van der Waals surface area (Å²) in [5.41, 5.74) is -2.96. The maximum atomic E-state index is 12.5. The minimum absolute atomic E-state index is 0.429. The van der Waals surface area contributed by atoms with Crippen molar-refractivity contribution in [2.75, 3.05) is 0 Å². The van der Waals surface area contributed by atoms with Gasteiger partial charge in [-0.05, 0) is 23.7 Å². The average Bonchev–Trinajstić information content (AvgIpc) is 2.12. The quantitative estimate of drug-likeness (QED) is 0.609. The molecule has 100 valence electrons. The van der Waals surface area contributed by atoms with Crippen LogP contribution >= 0.6 is 11.6 Å². The van der Waals surface area contributed by atoms with Gasteiger partial charge in [-0.15, -0.1) is 13.2 Å². The van der Waals surface area contributed by atoms with Crippen LogP contribution in [-0.4, -0.2) is 11.6 Å². The largest absolute Gasteiger partial charge is 0.573 e. The van der Waals surface area contributed by atoms with Crippen molar-refractivity contribution in [1.82, 2.24) is 0 Å². The van der Waals surface area contributed by atoms with Crippen LogP contribution in [0.5, 0.6) is 5.75 Å². The Bertz CT molecular complexity index is 465. The van der Waals surface area contributed by atoms with Crippen molar-refractivity contribution < 1.29 is 35.9 Å². The molecular weight excluding hydrogens is 290 g/mol. The lowest BCUT2D eigenvalue weighted by Gasteiger charge is -2.15. The summed E-state index contributed by atoms with van der Waals surface area (Å²) >= 11 is 4.86. The molecule has 18 heavy (non-hydrogen) atoms. The van der Waals surface area contributed by atoms with Crippen LogP contribution in [0.3, 0.4) is 0 Å². The van der Waals surface area contributed by atoms with Crippen LogP contribution in [0.15, 0.2) is 18.2 Å². The van der Waals surface area contributed by atoms with Crippen molar-refractivity contribution in [2.45, 2.75) is 12.5 Å². The molecule has 0 amide bonds. The molecular formula is C9H3ClF6O2. The third kappa shape index (κ3) is 3.52. The number of hydrogen-bond acceptors (Lipinski definition) is 2. The normalized spacial score (nSPS) is 12.4. The van der Waals surface area contributed by atoms with Gasteiger partial charge in [0.15, 0.2) is 0 Å². The van der Waals surface area contributed by atoms with Gasteiger partial charge in [0.05, 0.1) is 11.1 Å². The molecule has 1 rings (SSSR count). The summed E-state index contributed by atoms with van der Waals surface area (Å²) in [6.07, 6.45) is -10.3. The first-order valence-electron chi connectivity index (χ1n) is 4.18. The smallest absolute Gasteiger partial charge is 0.405 e. The van der Waals surface area contributed by atoms with Gasteiger partial charge in [0, 0.05) is 0 Å². The fourth-order valence-electron chi connectivity index (χ4n) is 1.18. The van der Waals surface area contributed by atoms with E-state index in [1.165, 1.54) is 0 Å². The number of halogens is 7. The highest BCUT2D eigenvalue weighted by Crippen LogP contribution is 2.38. The molecule has 0 saturated heterocycles. The van der Waals surface area contributed by atoms with Gasteiger partial charge in [-0.2, -0.15) is 13.2 Å². The highest BCUT2D eigenvalue weighted by atomic mass is 35.5. The van der Waals surface area contributed by atoms with Gasteiger partial charge >= 0.3 is 12.5 Å². The molecule has 0 heterocycles. The Labute approximate surface area is 101 Å². The van der Waals surface area contributed by atoms with Crippen LogP contribution in [0.2, 0.25) is 0 Å². The van der Waals surface area contributed by atoms with E-state index in [9.17, 15) is 31.1 Å². The highest BCUT2D eigenvalue weighted by molar-refractivity contribution is 6.68. The fourth-order valence-corrected chi connectivity index (χ4v) is 1.37. The first-order chi connectivity index (χ1) is 8.02. The molecule has 0 unspecified atom stereocenters. The maximum Gasteiger partial charge on any atom is 0.573 e. The number of carbonyl (C=O) groups excluding carboxylic acids is 1. The third-order valence-corrected chi connectivity index (χ3v) is 1.94. The van der Waals surface area contributed by atoms with Crippen LogP contribution in [0.4, 0.5) is 26.3 Å². The molecule has 0 saturated carbocycles. The Morgan fingerprint density at radius 2 is 1.67 bits per heavy atom. The van der Waals surface area contributed by atoms with E-state index in [1.807, 2.05) is 0 Å². The Hall–Kier alpha value is -1.44. The van der Waals surface area contributed by atoms with E-state index >= 15 is 0 Å². The number of rotatable bonds is 2. The molecule has 0 aromatic heterocycles. The summed E-state index contributed by atoms with van der Waals surface area (Å²) in [6.45, 7) is 0. The topological polar surface area (TPSA) is 26.3 Å². The van der Waals surface area contributed by atoms with Crippen LogP contribution in [-0.2, 0) is 6.18 Å². The maximum absolute atomic E-state index is 12.5. The lowest BCUT2D eigenvalue weighted by molar-refractivity contribution is -0.274. The van der Waals surface area contributed by atoms with Crippen molar-refractivity contribution in [3.63, 3.8) is 0 Å². The lowest BCUT2D eigenvalue weighted by atomic mass is 10.1. The summed E-state index contributed by atoms with van der Waals surface area (Å²) in [4.78, 5) is 10.8. The second-order valence-corrected chi connectivity index (χ2v) is 3.34. The van der Waals surface area contributed by atoms with Crippen LogP contribution in [0.1, 0.15) is 15.9 Å². The molecule has 1 aromatic rings. The zero-order valence-electron chi connectivity index (χ0n) is 8.19. The van der Waals surface area contributed by atoms with Crippen molar-refractivity contribution in [1.29, 1.82) is 0 Å². The predicted molar refractivity (Wildman–Crippen MR) is 48.3 cm³/mol.